The number of aromatic hydroxyl groups is 1. The first-order valence-electron chi connectivity index (χ1n) is 8.30. The second-order valence-corrected chi connectivity index (χ2v) is 6.95. The number of rotatable bonds is 7. The minimum Gasteiger partial charge on any atom is -0.502 e. The lowest BCUT2D eigenvalue weighted by Gasteiger charge is -2.12. The number of nitrogens with zero attached hydrogens (tertiary/aromatic N) is 4. The number of amides is 1. The summed E-state index contributed by atoms with van der Waals surface area (Å²) in [6, 6.07) is 5.90. The van der Waals surface area contributed by atoms with Gasteiger partial charge in [0.2, 0.25) is 5.75 Å². The van der Waals surface area contributed by atoms with Crippen molar-refractivity contribution in [3.8, 4) is 11.8 Å². The van der Waals surface area contributed by atoms with Crippen LogP contribution in [-0.2, 0) is 22.7 Å². The van der Waals surface area contributed by atoms with Crippen molar-refractivity contribution in [1.82, 2.24) is 9.99 Å². The van der Waals surface area contributed by atoms with Crippen LogP contribution in [0.5, 0.6) is 5.75 Å². The highest BCUT2D eigenvalue weighted by atomic mass is 79.9. The van der Waals surface area contributed by atoms with Crippen LogP contribution in [0.15, 0.2) is 32.6 Å². The third-order valence-corrected chi connectivity index (χ3v) is 4.43. The standard InChI is InChI=1S/C18H16BrN5O6/c1-10-3-12(9-30-2)14(6-20)18(27)23(10)8-16(25)22-21-7-11-4-13(19)5-15(17(11)26)24(28)29/h3-5,7,26H,8-9H2,1-2H3,(H,22,25)/b21-7+. The maximum Gasteiger partial charge on any atom is 0.312 e. The molecule has 0 unspecified atom stereocenters. The highest BCUT2D eigenvalue weighted by Crippen LogP contribution is 2.32. The van der Waals surface area contributed by atoms with E-state index >= 15 is 0 Å². The van der Waals surface area contributed by atoms with Gasteiger partial charge in [-0.15, -0.1) is 0 Å². The number of benzene rings is 1. The summed E-state index contributed by atoms with van der Waals surface area (Å²) in [7, 11) is 1.44. The Morgan fingerprint density at radius 1 is 1.50 bits per heavy atom. The molecule has 1 aromatic heterocycles. The fourth-order valence-electron chi connectivity index (χ4n) is 2.62. The first-order valence-corrected chi connectivity index (χ1v) is 9.10. The maximum atomic E-state index is 12.5. The van der Waals surface area contributed by atoms with E-state index in [-0.39, 0.29) is 17.7 Å². The molecule has 156 valence electrons. The number of carbonyl (C=O) groups excluding carboxylic acids is 1. The van der Waals surface area contributed by atoms with Crippen molar-refractivity contribution in [2.45, 2.75) is 20.1 Å². The average Bonchev–Trinajstić information content (AvgIpc) is 2.67. The van der Waals surface area contributed by atoms with Crippen LogP contribution in [0, 0.1) is 28.4 Å². The summed E-state index contributed by atoms with van der Waals surface area (Å²) in [5.74, 6) is -1.29. The van der Waals surface area contributed by atoms with E-state index in [4.69, 9.17) is 4.74 Å². The van der Waals surface area contributed by atoms with E-state index in [2.05, 4.69) is 26.5 Å². The molecule has 2 N–H and O–H groups in total. The van der Waals surface area contributed by atoms with Gasteiger partial charge in [0.05, 0.1) is 17.7 Å². The number of methoxy groups -OCH3 is 1. The van der Waals surface area contributed by atoms with E-state index in [1.165, 1.54) is 13.2 Å². The first kappa shape index (κ1) is 22.7. The van der Waals surface area contributed by atoms with Crippen LogP contribution in [-0.4, -0.2) is 33.8 Å². The number of nitro groups is 1. The minimum atomic E-state index is -0.759. The van der Waals surface area contributed by atoms with Crippen molar-refractivity contribution in [1.29, 1.82) is 5.26 Å². The van der Waals surface area contributed by atoms with Gasteiger partial charge in [-0.1, -0.05) is 15.9 Å². The Kier molecular flexibility index (Phi) is 7.40. The predicted octanol–water partition coefficient (Wildman–Crippen LogP) is 1.70. The monoisotopic (exact) mass is 477 g/mol. The van der Waals surface area contributed by atoms with Crippen molar-refractivity contribution in [3.05, 3.63) is 65.5 Å². The quantitative estimate of drug-likeness (QED) is 0.348. The Hall–Kier alpha value is -3.56. The molecule has 12 heteroatoms. The molecule has 1 aromatic carbocycles. The molecular formula is C18H16BrN5O6. The Morgan fingerprint density at radius 2 is 2.20 bits per heavy atom. The van der Waals surface area contributed by atoms with E-state index in [1.54, 1.807) is 13.0 Å². The number of pyridine rings is 1. The number of nitrogens with one attached hydrogen (secondary N) is 1. The molecule has 2 rings (SSSR count). The summed E-state index contributed by atoms with van der Waals surface area (Å²) in [5, 5.41) is 33.8. The molecule has 11 nitrogen and oxygen atoms in total. The summed E-state index contributed by atoms with van der Waals surface area (Å²) >= 11 is 3.09. The Morgan fingerprint density at radius 3 is 2.80 bits per heavy atom. The smallest absolute Gasteiger partial charge is 0.312 e. The Labute approximate surface area is 178 Å². The molecule has 0 spiro atoms. The number of halogens is 1. The molecule has 0 bridgehead atoms. The van der Waals surface area contributed by atoms with Crippen LogP contribution in [0.2, 0.25) is 0 Å². The number of hydrogen-bond donors (Lipinski definition) is 2. The van der Waals surface area contributed by atoms with Gasteiger partial charge >= 0.3 is 5.69 Å². The van der Waals surface area contributed by atoms with Gasteiger partial charge in [0, 0.05) is 34.5 Å². The molecule has 1 amide bonds. The van der Waals surface area contributed by atoms with E-state index in [1.807, 2.05) is 6.07 Å². The van der Waals surface area contributed by atoms with Gasteiger partial charge in [-0.05, 0) is 19.1 Å². The minimum absolute atomic E-state index is 0.000378. The van der Waals surface area contributed by atoms with Gasteiger partial charge in [0.25, 0.3) is 11.5 Å². The second-order valence-electron chi connectivity index (χ2n) is 6.04. The zero-order valence-corrected chi connectivity index (χ0v) is 17.5. The highest BCUT2D eigenvalue weighted by molar-refractivity contribution is 9.10. The van der Waals surface area contributed by atoms with Gasteiger partial charge < -0.3 is 14.4 Å². The number of hydrogen-bond acceptors (Lipinski definition) is 8. The number of hydrazone groups is 1. The molecule has 0 atom stereocenters. The van der Waals surface area contributed by atoms with E-state index < -0.39 is 34.4 Å². The lowest BCUT2D eigenvalue weighted by Crippen LogP contribution is -2.33. The molecular weight excluding hydrogens is 462 g/mol. The van der Waals surface area contributed by atoms with Crippen LogP contribution in [0.25, 0.3) is 0 Å². The summed E-state index contributed by atoms with van der Waals surface area (Å²) in [6.07, 6.45) is 1.03. The number of aromatic nitrogens is 1. The molecule has 0 fully saturated rings. The van der Waals surface area contributed by atoms with Gasteiger partial charge in [-0.25, -0.2) is 5.43 Å². The maximum absolute atomic E-state index is 12.5. The van der Waals surface area contributed by atoms with Crippen molar-refractivity contribution >= 4 is 33.7 Å². The highest BCUT2D eigenvalue weighted by Gasteiger charge is 2.18. The van der Waals surface area contributed by atoms with Crippen LogP contribution < -0.4 is 11.0 Å². The molecule has 2 aromatic rings. The van der Waals surface area contributed by atoms with E-state index in [0.29, 0.717) is 15.7 Å². The molecule has 0 aliphatic rings. The van der Waals surface area contributed by atoms with Crippen LogP contribution >= 0.6 is 15.9 Å². The van der Waals surface area contributed by atoms with Gasteiger partial charge in [-0.2, -0.15) is 10.4 Å². The van der Waals surface area contributed by atoms with Crippen molar-refractivity contribution < 1.29 is 19.6 Å². The molecule has 0 saturated carbocycles. The van der Waals surface area contributed by atoms with Crippen molar-refractivity contribution in [2.24, 2.45) is 5.10 Å². The Balaban J connectivity index is 2.21. The second kappa shape index (κ2) is 9.77. The summed E-state index contributed by atoms with van der Waals surface area (Å²) in [6.45, 7) is 1.28. The lowest BCUT2D eigenvalue weighted by atomic mass is 10.1. The summed E-state index contributed by atoms with van der Waals surface area (Å²) in [4.78, 5) is 34.8. The average molecular weight is 478 g/mol. The fourth-order valence-corrected chi connectivity index (χ4v) is 3.08. The number of carbonyl (C=O) groups is 1. The molecule has 0 saturated heterocycles. The molecule has 0 aliphatic heterocycles. The van der Waals surface area contributed by atoms with Crippen LogP contribution in [0.3, 0.4) is 0 Å². The molecule has 0 aliphatic carbocycles. The summed E-state index contributed by atoms with van der Waals surface area (Å²) < 4.78 is 6.42. The molecule has 30 heavy (non-hydrogen) atoms. The van der Waals surface area contributed by atoms with Gasteiger partial charge in [-0.3, -0.25) is 19.7 Å². The first-order chi connectivity index (χ1) is 14.2. The lowest BCUT2D eigenvalue weighted by molar-refractivity contribution is -0.385. The number of phenolic OH excluding ortho intramolecular Hbond substituents is 1. The number of nitro benzene ring substituents is 1. The number of nitriles is 1. The van der Waals surface area contributed by atoms with E-state index in [9.17, 15) is 30.1 Å². The topological polar surface area (TPSA) is 160 Å². The third kappa shape index (κ3) is 5.07. The van der Waals surface area contributed by atoms with Crippen molar-refractivity contribution in [3.63, 3.8) is 0 Å². The number of aryl methyl sites for hydroxylation is 1. The largest absolute Gasteiger partial charge is 0.502 e. The Bertz CT molecular complexity index is 1140. The molecule has 1 heterocycles. The zero-order chi connectivity index (χ0) is 22.4. The zero-order valence-electron chi connectivity index (χ0n) is 15.9. The van der Waals surface area contributed by atoms with Crippen molar-refractivity contribution in [2.75, 3.05) is 7.11 Å². The van der Waals surface area contributed by atoms with Crippen LogP contribution in [0.1, 0.15) is 22.4 Å². The number of phenols is 1. The van der Waals surface area contributed by atoms with Gasteiger partial charge in [0.1, 0.15) is 18.2 Å². The van der Waals surface area contributed by atoms with Gasteiger partial charge in [0.15, 0.2) is 0 Å². The SMILES string of the molecule is COCc1cc(C)n(CC(=O)N/N=C/c2cc(Br)cc([N+](=O)[O-])c2O)c(=O)c1C#N. The fraction of sp³-hybridized carbons (Fsp3) is 0.222. The third-order valence-electron chi connectivity index (χ3n) is 3.98. The molecule has 0 radical (unpaired) electrons. The number of ether oxygens (including phenoxy) is 1. The summed E-state index contributed by atoms with van der Waals surface area (Å²) in [5.41, 5.74) is 1.76. The predicted molar refractivity (Wildman–Crippen MR) is 109 cm³/mol. The van der Waals surface area contributed by atoms with Crippen LogP contribution in [0.4, 0.5) is 5.69 Å². The normalized spacial score (nSPS) is 10.7. The van der Waals surface area contributed by atoms with E-state index in [0.717, 1.165) is 16.8 Å².